The second-order valence-corrected chi connectivity index (χ2v) is 5.76. The first kappa shape index (κ1) is 15.8. The van der Waals surface area contributed by atoms with Crippen LogP contribution < -0.4 is 10.6 Å². The van der Waals surface area contributed by atoms with Gasteiger partial charge >= 0.3 is 6.03 Å². The number of carbonyl (C=O) groups is 1. The van der Waals surface area contributed by atoms with E-state index in [0.29, 0.717) is 12.0 Å². The van der Waals surface area contributed by atoms with Gasteiger partial charge in [0.15, 0.2) is 0 Å². The molecular formula is C17H27N3O. The van der Waals surface area contributed by atoms with Crippen molar-refractivity contribution >= 4 is 11.7 Å². The third kappa shape index (κ3) is 4.46. The van der Waals surface area contributed by atoms with Crippen molar-refractivity contribution in [3.8, 4) is 0 Å². The molecule has 4 nitrogen and oxygen atoms in total. The van der Waals surface area contributed by atoms with E-state index in [9.17, 15) is 4.79 Å². The number of para-hydroxylation sites is 1. The average Bonchev–Trinajstić information content (AvgIpc) is 2.53. The second kappa shape index (κ2) is 8.03. The second-order valence-electron chi connectivity index (χ2n) is 5.76. The molecule has 0 saturated carbocycles. The van der Waals surface area contributed by atoms with E-state index in [2.05, 4.69) is 24.5 Å². The summed E-state index contributed by atoms with van der Waals surface area (Å²) in [6, 6.07) is 10.2. The van der Waals surface area contributed by atoms with Crippen molar-refractivity contribution in [3.63, 3.8) is 0 Å². The maximum Gasteiger partial charge on any atom is 0.321 e. The zero-order valence-corrected chi connectivity index (χ0v) is 13.1. The van der Waals surface area contributed by atoms with Gasteiger partial charge in [-0.1, -0.05) is 38.5 Å². The Morgan fingerprint density at radius 3 is 2.71 bits per heavy atom. The Morgan fingerprint density at radius 1 is 1.29 bits per heavy atom. The first-order valence-electron chi connectivity index (χ1n) is 8.09. The zero-order valence-electron chi connectivity index (χ0n) is 13.1. The van der Waals surface area contributed by atoms with Crippen molar-refractivity contribution in [2.75, 3.05) is 25.0 Å². The SMILES string of the molecule is CCCNC1CCN(C(=O)Nc2ccccc2)CC1CC. The highest BCUT2D eigenvalue weighted by molar-refractivity contribution is 5.89. The molecule has 116 valence electrons. The van der Waals surface area contributed by atoms with Gasteiger partial charge in [-0.15, -0.1) is 0 Å². The van der Waals surface area contributed by atoms with Crippen molar-refractivity contribution in [1.29, 1.82) is 0 Å². The van der Waals surface area contributed by atoms with Gasteiger partial charge in [0.2, 0.25) is 0 Å². The molecular weight excluding hydrogens is 262 g/mol. The number of anilines is 1. The van der Waals surface area contributed by atoms with E-state index < -0.39 is 0 Å². The molecule has 1 aromatic carbocycles. The lowest BCUT2D eigenvalue weighted by atomic mass is 9.90. The van der Waals surface area contributed by atoms with Crippen LogP contribution in [0, 0.1) is 5.92 Å². The summed E-state index contributed by atoms with van der Waals surface area (Å²) in [6.07, 6.45) is 3.31. The molecule has 2 rings (SSSR count). The van der Waals surface area contributed by atoms with Gasteiger partial charge in [-0.2, -0.15) is 0 Å². The fourth-order valence-corrected chi connectivity index (χ4v) is 2.95. The molecule has 2 N–H and O–H groups in total. The zero-order chi connectivity index (χ0) is 15.1. The first-order chi connectivity index (χ1) is 10.2. The Hall–Kier alpha value is -1.55. The lowest BCUT2D eigenvalue weighted by Gasteiger charge is -2.38. The number of rotatable bonds is 5. The predicted molar refractivity (Wildman–Crippen MR) is 87.5 cm³/mol. The number of amides is 2. The van der Waals surface area contributed by atoms with Gasteiger partial charge in [0, 0.05) is 24.8 Å². The molecule has 0 radical (unpaired) electrons. The highest BCUT2D eigenvalue weighted by Crippen LogP contribution is 2.21. The maximum atomic E-state index is 12.3. The van der Waals surface area contributed by atoms with Crippen LogP contribution in [0.3, 0.4) is 0 Å². The Morgan fingerprint density at radius 2 is 2.05 bits per heavy atom. The Kier molecular flexibility index (Phi) is 6.05. The van der Waals surface area contributed by atoms with Gasteiger partial charge in [-0.25, -0.2) is 4.79 Å². The monoisotopic (exact) mass is 289 g/mol. The number of urea groups is 1. The van der Waals surface area contributed by atoms with Gasteiger partial charge in [0.25, 0.3) is 0 Å². The van der Waals surface area contributed by atoms with Crippen LogP contribution in [0.4, 0.5) is 10.5 Å². The summed E-state index contributed by atoms with van der Waals surface area (Å²) >= 11 is 0. The third-order valence-electron chi connectivity index (χ3n) is 4.23. The first-order valence-corrected chi connectivity index (χ1v) is 8.09. The van der Waals surface area contributed by atoms with Gasteiger partial charge in [-0.05, 0) is 37.4 Å². The topological polar surface area (TPSA) is 44.4 Å². The summed E-state index contributed by atoms with van der Waals surface area (Å²) < 4.78 is 0. The van der Waals surface area contributed by atoms with Crippen molar-refractivity contribution < 1.29 is 4.79 Å². The summed E-state index contributed by atoms with van der Waals surface area (Å²) in [6.45, 7) is 7.14. The van der Waals surface area contributed by atoms with Crippen LogP contribution in [0.25, 0.3) is 0 Å². The molecule has 0 spiro atoms. The molecule has 2 amide bonds. The Labute approximate surface area is 127 Å². The Bertz CT molecular complexity index is 435. The summed E-state index contributed by atoms with van der Waals surface area (Å²) in [5.41, 5.74) is 0.863. The van der Waals surface area contributed by atoms with E-state index in [1.165, 1.54) is 0 Å². The van der Waals surface area contributed by atoms with Crippen molar-refractivity contribution in [2.24, 2.45) is 5.92 Å². The van der Waals surface area contributed by atoms with Crippen molar-refractivity contribution in [1.82, 2.24) is 10.2 Å². The van der Waals surface area contributed by atoms with E-state index in [0.717, 1.165) is 44.6 Å². The van der Waals surface area contributed by atoms with Crippen LogP contribution in [0.15, 0.2) is 30.3 Å². The van der Waals surface area contributed by atoms with Crippen LogP contribution in [0.2, 0.25) is 0 Å². The van der Waals surface area contributed by atoms with Crippen LogP contribution in [0.5, 0.6) is 0 Å². The molecule has 1 heterocycles. The average molecular weight is 289 g/mol. The molecule has 2 atom stereocenters. The quantitative estimate of drug-likeness (QED) is 0.873. The van der Waals surface area contributed by atoms with Crippen LogP contribution in [-0.4, -0.2) is 36.6 Å². The van der Waals surface area contributed by atoms with E-state index >= 15 is 0 Å². The summed E-state index contributed by atoms with van der Waals surface area (Å²) in [7, 11) is 0. The van der Waals surface area contributed by atoms with Crippen LogP contribution in [0.1, 0.15) is 33.1 Å². The molecule has 1 saturated heterocycles. The lowest BCUT2D eigenvalue weighted by molar-refractivity contribution is 0.151. The molecule has 0 bridgehead atoms. The van der Waals surface area contributed by atoms with Gasteiger partial charge in [0.05, 0.1) is 0 Å². The van der Waals surface area contributed by atoms with Gasteiger partial charge in [0.1, 0.15) is 0 Å². The minimum absolute atomic E-state index is 0.0218. The van der Waals surface area contributed by atoms with E-state index in [-0.39, 0.29) is 6.03 Å². The number of hydrogen-bond acceptors (Lipinski definition) is 2. The minimum atomic E-state index is 0.0218. The summed E-state index contributed by atoms with van der Waals surface area (Å²) in [5, 5.41) is 6.60. The molecule has 1 aliphatic rings. The number of carbonyl (C=O) groups excluding carboxylic acids is 1. The molecule has 1 fully saturated rings. The van der Waals surface area contributed by atoms with Gasteiger partial charge in [-0.3, -0.25) is 0 Å². The van der Waals surface area contributed by atoms with E-state index in [1.807, 2.05) is 35.2 Å². The highest BCUT2D eigenvalue weighted by Gasteiger charge is 2.29. The largest absolute Gasteiger partial charge is 0.324 e. The number of nitrogens with zero attached hydrogens (tertiary/aromatic N) is 1. The Balaban J connectivity index is 1.89. The number of hydrogen-bond donors (Lipinski definition) is 2. The van der Waals surface area contributed by atoms with Gasteiger partial charge < -0.3 is 15.5 Å². The van der Waals surface area contributed by atoms with Crippen LogP contribution in [-0.2, 0) is 0 Å². The fourth-order valence-electron chi connectivity index (χ4n) is 2.95. The van der Waals surface area contributed by atoms with Crippen molar-refractivity contribution in [3.05, 3.63) is 30.3 Å². The number of benzene rings is 1. The molecule has 4 heteroatoms. The molecule has 0 aliphatic carbocycles. The van der Waals surface area contributed by atoms with E-state index in [1.54, 1.807) is 0 Å². The molecule has 1 aliphatic heterocycles. The predicted octanol–water partition coefficient (Wildman–Crippen LogP) is 3.32. The minimum Gasteiger partial charge on any atom is -0.324 e. The smallest absolute Gasteiger partial charge is 0.321 e. The number of likely N-dealkylation sites (tertiary alicyclic amines) is 1. The number of nitrogens with one attached hydrogen (secondary N) is 2. The van der Waals surface area contributed by atoms with E-state index in [4.69, 9.17) is 0 Å². The highest BCUT2D eigenvalue weighted by atomic mass is 16.2. The normalized spacial score (nSPS) is 22.1. The molecule has 2 unspecified atom stereocenters. The fraction of sp³-hybridized carbons (Fsp3) is 0.588. The lowest BCUT2D eigenvalue weighted by Crippen LogP contribution is -2.52. The third-order valence-corrected chi connectivity index (χ3v) is 4.23. The summed E-state index contributed by atoms with van der Waals surface area (Å²) in [5.74, 6) is 0.548. The molecule has 0 aromatic heterocycles. The maximum absolute atomic E-state index is 12.3. The van der Waals surface area contributed by atoms with Crippen molar-refractivity contribution in [2.45, 2.75) is 39.2 Å². The molecule has 1 aromatic rings. The van der Waals surface area contributed by atoms with Crippen LogP contribution >= 0.6 is 0 Å². The summed E-state index contributed by atoms with van der Waals surface area (Å²) in [4.78, 5) is 14.3. The number of piperidine rings is 1. The standard InChI is InChI=1S/C17H27N3O/c1-3-11-18-16-10-12-20(13-14(16)4-2)17(21)19-15-8-6-5-7-9-15/h5-9,14,16,18H,3-4,10-13H2,1-2H3,(H,19,21). The molecule has 21 heavy (non-hydrogen) atoms.